The van der Waals surface area contributed by atoms with Crippen molar-refractivity contribution in [1.82, 2.24) is 10.2 Å². The molecule has 1 heterocycles. The SMILES string of the molecule is CC(C)(C)C1CCC2(CC1)N=C(c1ccc(Cl)cc1)C(=O)N2[C@@H](c1ccc(C(=O)NCC(=N)N)cc1)C1CC1. The maximum absolute atomic E-state index is 14.3. The fourth-order valence-electron chi connectivity index (χ4n) is 6.25. The first kappa shape index (κ1) is 27.4. The standard InChI is InChI=1S/C31H38ClN5O2/c1-30(2,3)23-14-16-31(17-15-23)36-26(19-10-12-24(32)13-11-19)29(39)37(31)27(20-4-5-20)21-6-8-22(9-7-21)28(38)35-18-25(33)34/h6-13,20,23,27H,4-5,14-18H2,1-3H3,(H3,33,34)(H,35,38)/t23?,27-,31?/m1/s1. The fraction of sp³-hybridized carbons (Fsp3) is 0.484. The summed E-state index contributed by atoms with van der Waals surface area (Å²) in [5.41, 5.74) is 7.87. The average Bonchev–Trinajstić information content (AvgIpc) is 3.70. The van der Waals surface area contributed by atoms with Crippen molar-refractivity contribution in [2.75, 3.05) is 6.54 Å². The number of carbonyl (C=O) groups is 2. The molecule has 2 aromatic carbocycles. The third-order valence-electron chi connectivity index (χ3n) is 8.62. The number of rotatable bonds is 7. The van der Waals surface area contributed by atoms with Crippen molar-refractivity contribution >= 4 is 35.0 Å². The summed E-state index contributed by atoms with van der Waals surface area (Å²) in [7, 11) is 0. The maximum Gasteiger partial charge on any atom is 0.275 e. The van der Waals surface area contributed by atoms with E-state index < -0.39 is 5.66 Å². The summed E-state index contributed by atoms with van der Waals surface area (Å²) < 4.78 is 0. The van der Waals surface area contributed by atoms with Crippen LogP contribution in [0.3, 0.4) is 0 Å². The minimum atomic E-state index is -0.571. The smallest absolute Gasteiger partial charge is 0.275 e. The molecule has 1 aliphatic heterocycles. The number of nitrogens with one attached hydrogen (secondary N) is 2. The molecule has 0 radical (unpaired) electrons. The first-order chi connectivity index (χ1) is 18.5. The lowest BCUT2D eigenvalue weighted by Crippen LogP contribution is -2.52. The van der Waals surface area contributed by atoms with Gasteiger partial charge in [0, 0.05) is 16.1 Å². The first-order valence-corrected chi connectivity index (χ1v) is 14.3. The number of hydrogen-bond donors (Lipinski definition) is 3. The highest BCUT2D eigenvalue weighted by Gasteiger charge is 2.55. The summed E-state index contributed by atoms with van der Waals surface area (Å²) in [6.45, 7) is 6.92. The number of amides is 2. The second kappa shape index (κ2) is 10.4. The number of benzene rings is 2. The Labute approximate surface area is 235 Å². The molecular formula is C31H38ClN5O2. The van der Waals surface area contributed by atoms with E-state index in [4.69, 9.17) is 27.7 Å². The highest BCUT2D eigenvalue weighted by atomic mass is 35.5. The van der Waals surface area contributed by atoms with Gasteiger partial charge in [0.15, 0.2) is 0 Å². The minimum absolute atomic E-state index is 0.0104. The number of amidine groups is 1. The summed E-state index contributed by atoms with van der Waals surface area (Å²) in [5.74, 6) is 0.559. The van der Waals surface area contributed by atoms with E-state index >= 15 is 0 Å². The summed E-state index contributed by atoms with van der Waals surface area (Å²) in [4.78, 5) is 34.1. The average molecular weight is 548 g/mol. The Morgan fingerprint density at radius 3 is 2.26 bits per heavy atom. The van der Waals surface area contributed by atoms with Crippen LogP contribution in [0.4, 0.5) is 0 Å². The molecule has 8 heteroatoms. The Hall–Kier alpha value is -3.19. The molecule has 206 valence electrons. The molecule has 5 rings (SSSR count). The van der Waals surface area contributed by atoms with Crippen LogP contribution < -0.4 is 11.1 Å². The second-order valence-electron chi connectivity index (χ2n) is 12.4. The molecule has 2 fully saturated rings. The van der Waals surface area contributed by atoms with Crippen LogP contribution in [-0.4, -0.2) is 40.5 Å². The topological polar surface area (TPSA) is 112 Å². The van der Waals surface area contributed by atoms with Crippen LogP contribution in [0.15, 0.2) is 53.5 Å². The largest absolute Gasteiger partial charge is 0.386 e. The summed E-state index contributed by atoms with van der Waals surface area (Å²) in [6.07, 6.45) is 5.85. The Morgan fingerprint density at radius 1 is 1.10 bits per heavy atom. The summed E-state index contributed by atoms with van der Waals surface area (Å²) in [6, 6.07) is 14.8. The maximum atomic E-state index is 14.3. The molecule has 7 nitrogen and oxygen atoms in total. The normalized spacial score (nSPS) is 24.0. The van der Waals surface area contributed by atoms with Gasteiger partial charge in [-0.2, -0.15) is 0 Å². The number of halogens is 1. The van der Waals surface area contributed by atoms with E-state index in [0.29, 0.717) is 28.1 Å². The van der Waals surface area contributed by atoms with Gasteiger partial charge >= 0.3 is 0 Å². The van der Waals surface area contributed by atoms with E-state index in [2.05, 4.69) is 31.0 Å². The summed E-state index contributed by atoms with van der Waals surface area (Å²) in [5, 5.41) is 10.6. The van der Waals surface area contributed by atoms with Gasteiger partial charge in [0.05, 0.1) is 12.6 Å². The molecule has 2 aromatic rings. The molecule has 0 unspecified atom stereocenters. The third kappa shape index (κ3) is 5.60. The van der Waals surface area contributed by atoms with Crippen LogP contribution in [0, 0.1) is 22.7 Å². The Morgan fingerprint density at radius 2 is 1.72 bits per heavy atom. The van der Waals surface area contributed by atoms with E-state index in [0.717, 1.165) is 49.7 Å². The zero-order valence-corrected chi connectivity index (χ0v) is 23.7. The van der Waals surface area contributed by atoms with Crippen molar-refractivity contribution in [2.45, 2.75) is 71.0 Å². The van der Waals surface area contributed by atoms with Crippen LogP contribution >= 0.6 is 11.6 Å². The number of aliphatic imine (C=N–C) groups is 1. The molecule has 3 aliphatic rings. The van der Waals surface area contributed by atoms with Crippen LogP contribution in [0.1, 0.15) is 86.8 Å². The summed E-state index contributed by atoms with van der Waals surface area (Å²) >= 11 is 6.15. The van der Waals surface area contributed by atoms with Crippen molar-refractivity contribution < 1.29 is 9.59 Å². The molecular weight excluding hydrogens is 510 g/mol. The Kier molecular flexibility index (Phi) is 7.31. The van der Waals surface area contributed by atoms with Gasteiger partial charge in [-0.1, -0.05) is 56.6 Å². The van der Waals surface area contributed by atoms with Gasteiger partial charge in [-0.25, -0.2) is 0 Å². The Bertz CT molecular complexity index is 1280. The van der Waals surface area contributed by atoms with Crippen molar-refractivity contribution in [3.8, 4) is 0 Å². The van der Waals surface area contributed by atoms with Gasteiger partial charge in [-0.05, 0) is 85.6 Å². The lowest BCUT2D eigenvalue weighted by molar-refractivity contribution is -0.134. The van der Waals surface area contributed by atoms with Crippen LogP contribution in [0.5, 0.6) is 0 Å². The van der Waals surface area contributed by atoms with Gasteiger partial charge in [0.25, 0.3) is 11.8 Å². The second-order valence-corrected chi connectivity index (χ2v) is 12.8. The number of nitrogens with two attached hydrogens (primary N) is 1. The molecule has 1 atom stereocenters. The molecule has 1 spiro atoms. The number of hydrogen-bond acceptors (Lipinski definition) is 4. The lowest BCUT2D eigenvalue weighted by Gasteiger charge is -2.47. The predicted molar refractivity (Wildman–Crippen MR) is 155 cm³/mol. The predicted octanol–water partition coefficient (Wildman–Crippen LogP) is 5.72. The van der Waals surface area contributed by atoms with Crippen molar-refractivity contribution in [3.63, 3.8) is 0 Å². The highest BCUT2D eigenvalue weighted by Crippen LogP contribution is 2.54. The van der Waals surface area contributed by atoms with E-state index in [9.17, 15) is 9.59 Å². The molecule has 0 saturated heterocycles. The minimum Gasteiger partial charge on any atom is -0.386 e. The monoisotopic (exact) mass is 547 g/mol. The van der Waals surface area contributed by atoms with E-state index in [1.54, 1.807) is 12.1 Å². The molecule has 2 aliphatic carbocycles. The van der Waals surface area contributed by atoms with Gasteiger partial charge in [-0.3, -0.25) is 20.0 Å². The fourth-order valence-corrected chi connectivity index (χ4v) is 6.37. The molecule has 0 aromatic heterocycles. The first-order valence-electron chi connectivity index (χ1n) is 13.9. The third-order valence-corrected chi connectivity index (χ3v) is 8.87. The van der Waals surface area contributed by atoms with E-state index in [1.807, 2.05) is 36.4 Å². The van der Waals surface area contributed by atoms with Gasteiger partial charge in [-0.15, -0.1) is 0 Å². The number of carbonyl (C=O) groups excluding carboxylic acids is 2. The molecule has 0 bridgehead atoms. The highest BCUT2D eigenvalue weighted by molar-refractivity contribution is 6.47. The lowest BCUT2D eigenvalue weighted by atomic mass is 9.69. The van der Waals surface area contributed by atoms with Crippen molar-refractivity contribution in [3.05, 3.63) is 70.2 Å². The van der Waals surface area contributed by atoms with Gasteiger partial charge in [0.2, 0.25) is 0 Å². The molecule has 39 heavy (non-hydrogen) atoms. The molecule has 2 amide bonds. The van der Waals surface area contributed by atoms with Crippen molar-refractivity contribution in [1.29, 1.82) is 5.41 Å². The molecule has 4 N–H and O–H groups in total. The zero-order chi connectivity index (χ0) is 27.9. The van der Waals surface area contributed by atoms with Gasteiger partial charge < -0.3 is 16.0 Å². The van der Waals surface area contributed by atoms with E-state index in [-0.39, 0.29) is 35.7 Å². The quantitative estimate of drug-likeness (QED) is 0.304. The van der Waals surface area contributed by atoms with Crippen LogP contribution in [0.2, 0.25) is 5.02 Å². The number of nitrogens with zero attached hydrogens (tertiary/aromatic N) is 2. The van der Waals surface area contributed by atoms with Gasteiger partial charge in [0.1, 0.15) is 17.2 Å². The Balaban J connectivity index is 1.49. The van der Waals surface area contributed by atoms with E-state index in [1.165, 1.54) is 0 Å². The van der Waals surface area contributed by atoms with Crippen molar-refractivity contribution in [2.24, 2.45) is 28.0 Å². The van der Waals surface area contributed by atoms with Crippen LogP contribution in [-0.2, 0) is 4.79 Å². The molecule has 2 saturated carbocycles. The zero-order valence-electron chi connectivity index (χ0n) is 23.0. The van der Waals surface area contributed by atoms with Crippen LogP contribution in [0.25, 0.3) is 0 Å².